The van der Waals surface area contributed by atoms with Crippen molar-refractivity contribution in [3.8, 4) is 11.1 Å². The molecule has 3 aromatic carbocycles. The Labute approximate surface area is 206 Å². The van der Waals surface area contributed by atoms with Gasteiger partial charge in [0.05, 0.1) is 0 Å². The molecule has 5 rings (SSSR count). The average Bonchev–Trinajstić information content (AvgIpc) is 3.22. The van der Waals surface area contributed by atoms with E-state index in [1.54, 1.807) is 0 Å². The van der Waals surface area contributed by atoms with Gasteiger partial charge in [-0.2, -0.15) is 0 Å². The summed E-state index contributed by atoms with van der Waals surface area (Å²) in [4.78, 5) is 26.1. The summed E-state index contributed by atoms with van der Waals surface area (Å²) >= 11 is 0. The number of fused-ring (bicyclic) bond motifs is 3. The van der Waals surface area contributed by atoms with Crippen LogP contribution in [-0.4, -0.2) is 30.7 Å². The molecule has 2 aliphatic rings. The number of rotatable bonds is 7. The van der Waals surface area contributed by atoms with Gasteiger partial charge in [-0.15, -0.1) is 0 Å². The largest absolute Gasteiger partial charge is 0.449 e. The Hall–Kier alpha value is -3.60. The molecule has 35 heavy (non-hydrogen) atoms. The number of hydrogen-bond donors (Lipinski definition) is 2. The van der Waals surface area contributed by atoms with Crippen LogP contribution in [0.2, 0.25) is 0 Å². The zero-order chi connectivity index (χ0) is 24.0. The third kappa shape index (κ3) is 5.40. The second kappa shape index (κ2) is 10.8. The Bertz CT molecular complexity index is 1130. The van der Waals surface area contributed by atoms with Crippen LogP contribution in [0.4, 0.5) is 4.79 Å². The van der Waals surface area contributed by atoms with Gasteiger partial charge in [-0.25, -0.2) is 4.79 Å². The highest BCUT2D eigenvalue weighted by Crippen LogP contribution is 2.44. The molecule has 3 aromatic rings. The highest BCUT2D eigenvalue weighted by atomic mass is 16.5. The summed E-state index contributed by atoms with van der Waals surface area (Å²) in [5.74, 6) is -0.161. The van der Waals surface area contributed by atoms with Gasteiger partial charge in [0, 0.05) is 18.4 Å². The van der Waals surface area contributed by atoms with Gasteiger partial charge < -0.3 is 15.4 Å². The van der Waals surface area contributed by atoms with Gasteiger partial charge in [0.25, 0.3) is 0 Å². The molecule has 0 radical (unpaired) electrons. The Kier molecular flexibility index (Phi) is 7.12. The maximum absolute atomic E-state index is 13.2. The van der Waals surface area contributed by atoms with Crippen LogP contribution in [0, 0.1) is 0 Å². The van der Waals surface area contributed by atoms with Gasteiger partial charge in [0.1, 0.15) is 12.6 Å². The second-order valence-electron chi connectivity index (χ2n) is 9.56. The summed E-state index contributed by atoms with van der Waals surface area (Å²) in [5.41, 5.74) is 5.70. The zero-order valence-electron chi connectivity index (χ0n) is 19.9. The molecule has 0 bridgehead atoms. The first-order valence-corrected chi connectivity index (χ1v) is 12.6. The number of ether oxygens (including phenoxy) is 1. The van der Waals surface area contributed by atoms with E-state index in [9.17, 15) is 9.59 Å². The van der Waals surface area contributed by atoms with Crippen molar-refractivity contribution >= 4 is 12.0 Å². The first-order chi connectivity index (χ1) is 17.2. The van der Waals surface area contributed by atoms with Gasteiger partial charge in [-0.05, 0) is 40.7 Å². The van der Waals surface area contributed by atoms with Gasteiger partial charge in [-0.1, -0.05) is 98.1 Å². The maximum Gasteiger partial charge on any atom is 0.407 e. The predicted molar refractivity (Wildman–Crippen MR) is 137 cm³/mol. The number of benzene rings is 3. The van der Waals surface area contributed by atoms with Crippen LogP contribution in [0.1, 0.15) is 54.7 Å². The van der Waals surface area contributed by atoms with Gasteiger partial charge in [-0.3, -0.25) is 4.79 Å². The number of nitrogens with one attached hydrogen (secondary N) is 2. The minimum absolute atomic E-state index is 0.0169. The Morgan fingerprint density at radius 2 is 1.40 bits per heavy atom. The zero-order valence-corrected chi connectivity index (χ0v) is 19.9. The summed E-state index contributed by atoms with van der Waals surface area (Å²) in [7, 11) is 0. The lowest BCUT2D eigenvalue weighted by Crippen LogP contribution is -2.51. The summed E-state index contributed by atoms with van der Waals surface area (Å²) in [5, 5.41) is 6.01. The molecule has 0 spiro atoms. The van der Waals surface area contributed by atoms with E-state index >= 15 is 0 Å². The smallest absolute Gasteiger partial charge is 0.407 e. The lowest BCUT2D eigenvalue weighted by Gasteiger charge is -2.26. The predicted octanol–water partition coefficient (Wildman–Crippen LogP) is 5.59. The molecule has 5 nitrogen and oxygen atoms in total. The topological polar surface area (TPSA) is 67.4 Å². The van der Waals surface area contributed by atoms with E-state index in [4.69, 9.17) is 4.74 Å². The molecule has 2 aliphatic carbocycles. The average molecular weight is 469 g/mol. The fraction of sp³-hybridized carbons (Fsp3) is 0.333. The van der Waals surface area contributed by atoms with Crippen molar-refractivity contribution in [3.63, 3.8) is 0 Å². The third-order valence-electron chi connectivity index (χ3n) is 7.19. The third-order valence-corrected chi connectivity index (χ3v) is 7.19. The normalized spacial score (nSPS) is 16.1. The van der Waals surface area contributed by atoms with E-state index in [0.717, 1.165) is 42.4 Å². The highest BCUT2D eigenvalue weighted by Gasteiger charge is 2.30. The van der Waals surface area contributed by atoms with Crippen LogP contribution >= 0.6 is 0 Å². The minimum atomic E-state index is -0.685. The fourth-order valence-electron chi connectivity index (χ4n) is 5.39. The van der Waals surface area contributed by atoms with Crippen molar-refractivity contribution in [1.29, 1.82) is 0 Å². The van der Waals surface area contributed by atoms with Gasteiger partial charge in [0.15, 0.2) is 0 Å². The maximum atomic E-state index is 13.2. The summed E-state index contributed by atoms with van der Waals surface area (Å²) in [6.45, 7) is 0.224. The number of carbonyl (C=O) groups is 2. The van der Waals surface area contributed by atoms with Crippen LogP contribution in [0.25, 0.3) is 11.1 Å². The minimum Gasteiger partial charge on any atom is -0.449 e. The number of amides is 2. The number of hydrogen-bond acceptors (Lipinski definition) is 3. The van der Waals surface area contributed by atoms with Gasteiger partial charge >= 0.3 is 6.09 Å². The van der Waals surface area contributed by atoms with E-state index in [1.807, 2.05) is 54.6 Å². The van der Waals surface area contributed by atoms with Crippen molar-refractivity contribution < 1.29 is 14.3 Å². The number of carbonyl (C=O) groups excluding carboxylic acids is 2. The SMILES string of the molecule is O=C(NC(Cc1ccccc1)C(=O)NC1CCCCC1)OCC1c2ccccc2-c2ccccc21. The monoisotopic (exact) mass is 468 g/mol. The molecule has 0 aromatic heterocycles. The molecule has 0 aliphatic heterocycles. The molecular weight excluding hydrogens is 436 g/mol. The van der Waals surface area contributed by atoms with E-state index in [0.29, 0.717) is 6.42 Å². The summed E-state index contributed by atoms with van der Waals surface area (Å²) in [6.07, 6.45) is 5.33. The van der Waals surface area contributed by atoms with Crippen LogP contribution in [0.15, 0.2) is 78.9 Å². The lowest BCUT2D eigenvalue weighted by molar-refractivity contribution is -0.124. The lowest BCUT2D eigenvalue weighted by atomic mass is 9.95. The first-order valence-electron chi connectivity index (χ1n) is 12.6. The van der Waals surface area contributed by atoms with Crippen molar-refractivity contribution in [3.05, 3.63) is 95.6 Å². The standard InChI is InChI=1S/C30H32N2O3/c33-29(31-22-13-5-2-6-14-22)28(19-21-11-3-1-4-12-21)32-30(34)35-20-27-25-17-9-7-15-23(25)24-16-8-10-18-26(24)27/h1,3-4,7-12,15-18,22,27-28H,2,5-6,13-14,19-20H2,(H,31,33)(H,32,34). The molecule has 1 saturated carbocycles. The summed E-state index contributed by atoms with van der Waals surface area (Å²) in [6, 6.07) is 25.8. The number of alkyl carbamates (subject to hydrolysis) is 1. The van der Waals surface area contributed by atoms with Crippen LogP contribution < -0.4 is 10.6 Å². The molecule has 0 heterocycles. The highest BCUT2D eigenvalue weighted by molar-refractivity contribution is 5.86. The fourth-order valence-corrected chi connectivity index (χ4v) is 5.39. The molecule has 2 amide bonds. The van der Waals surface area contributed by atoms with E-state index in [2.05, 4.69) is 34.9 Å². The molecule has 0 saturated heterocycles. The first kappa shape index (κ1) is 23.2. The molecule has 5 heteroatoms. The van der Waals surface area contributed by atoms with Crippen LogP contribution in [0.3, 0.4) is 0 Å². The Morgan fingerprint density at radius 3 is 2.06 bits per heavy atom. The van der Waals surface area contributed by atoms with Crippen molar-refractivity contribution in [2.75, 3.05) is 6.61 Å². The second-order valence-corrected chi connectivity index (χ2v) is 9.56. The van der Waals surface area contributed by atoms with E-state index in [-0.39, 0.29) is 24.5 Å². The van der Waals surface area contributed by atoms with Gasteiger partial charge in [0.2, 0.25) is 5.91 Å². The quantitative estimate of drug-likeness (QED) is 0.475. The van der Waals surface area contributed by atoms with Crippen molar-refractivity contribution in [2.24, 2.45) is 0 Å². The molecule has 1 fully saturated rings. The molecule has 180 valence electrons. The van der Waals surface area contributed by atoms with E-state index < -0.39 is 12.1 Å². The molecule has 2 N–H and O–H groups in total. The van der Waals surface area contributed by atoms with Crippen LogP contribution in [0.5, 0.6) is 0 Å². The summed E-state index contributed by atoms with van der Waals surface area (Å²) < 4.78 is 5.72. The molecular formula is C30H32N2O3. The van der Waals surface area contributed by atoms with Crippen molar-refractivity contribution in [1.82, 2.24) is 10.6 Å². The van der Waals surface area contributed by atoms with Crippen LogP contribution in [-0.2, 0) is 16.0 Å². The molecule has 1 unspecified atom stereocenters. The molecule has 1 atom stereocenters. The van der Waals surface area contributed by atoms with Crippen molar-refractivity contribution in [2.45, 2.75) is 56.5 Å². The Balaban J connectivity index is 1.26. The Morgan fingerprint density at radius 1 is 0.800 bits per heavy atom. The van der Waals surface area contributed by atoms with E-state index in [1.165, 1.54) is 17.5 Å².